The van der Waals surface area contributed by atoms with Crippen molar-refractivity contribution in [2.75, 3.05) is 0 Å². The third-order valence-corrected chi connectivity index (χ3v) is 6.87. The first-order valence-electron chi connectivity index (χ1n) is 11.2. The Bertz CT molecular complexity index is 1550. The molecule has 0 saturated carbocycles. The summed E-state index contributed by atoms with van der Waals surface area (Å²) in [4.78, 5) is 0. The molecule has 0 fully saturated rings. The van der Waals surface area contributed by atoms with Gasteiger partial charge < -0.3 is 4.74 Å². The van der Waals surface area contributed by atoms with E-state index in [0.717, 1.165) is 45.7 Å². The summed E-state index contributed by atoms with van der Waals surface area (Å²) in [5, 5.41) is 0. The summed E-state index contributed by atoms with van der Waals surface area (Å²) in [6.07, 6.45) is 6.74. The smallest absolute Gasteiger partial charge is 0.147 e. The maximum absolute atomic E-state index is 6.43. The quantitative estimate of drug-likeness (QED) is 0.243. The zero-order valence-corrected chi connectivity index (χ0v) is 18.7. The van der Waals surface area contributed by atoms with Crippen LogP contribution < -0.4 is 4.74 Å². The third kappa shape index (κ3) is 2.98. The van der Waals surface area contributed by atoms with Crippen molar-refractivity contribution in [3.05, 3.63) is 118 Å². The average molecular weight is 423 g/mol. The summed E-state index contributed by atoms with van der Waals surface area (Å²) < 4.78 is 6.43. The van der Waals surface area contributed by atoms with Crippen molar-refractivity contribution < 1.29 is 4.74 Å². The molecule has 0 saturated heterocycles. The highest BCUT2D eigenvalue weighted by atomic mass is 16.5. The Morgan fingerprint density at radius 2 is 1.42 bits per heavy atom. The Balaban J connectivity index is 1.41. The molecule has 1 heteroatoms. The molecular weight excluding hydrogens is 400 g/mol. The zero-order valence-electron chi connectivity index (χ0n) is 18.7. The summed E-state index contributed by atoms with van der Waals surface area (Å²) in [5.41, 5.74) is 10.0. The van der Waals surface area contributed by atoms with Crippen LogP contribution in [-0.4, -0.2) is 0 Å². The molecule has 6 rings (SSSR count). The van der Waals surface area contributed by atoms with E-state index in [1.165, 1.54) is 22.3 Å². The second-order valence-electron chi connectivity index (χ2n) is 9.19. The lowest BCUT2D eigenvalue weighted by Gasteiger charge is -2.35. The molecule has 4 aromatic rings. The molecule has 0 radical (unpaired) electrons. The van der Waals surface area contributed by atoms with Crippen molar-refractivity contribution in [2.24, 2.45) is 0 Å². The van der Waals surface area contributed by atoms with Crippen molar-refractivity contribution >= 4 is 0 Å². The molecule has 0 N–H and O–H groups in total. The van der Waals surface area contributed by atoms with Crippen molar-refractivity contribution in [2.45, 2.75) is 25.7 Å². The Labute approximate surface area is 195 Å². The van der Waals surface area contributed by atoms with Gasteiger partial charge in [-0.1, -0.05) is 86.2 Å². The predicted molar refractivity (Wildman–Crippen MR) is 134 cm³/mol. The van der Waals surface area contributed by atoms with Gasteiger partial charge in [-0.3, -0.25) is 0 Å². The van der Waals surface area contributed by atoms with Crippen molar-refractivity contribution in [3.63, 3.8) is 0 Å². The lowest BCUT2D eigenvalue weighted by Crippen LogP contribution is -2.25. The first kappa shape index (κ1) is 19.5. The van der Waals surface area contributed by atoms with Gasteiger partial charge in [-0.15, -0.1) is 6.42 Å². The Morgan fingerprint density at radius 1 is 0.727 bits per heavy atom. The first-order valence-corrected chi connectivity index (χ1v) is 11.2. The molecule has 1 nitrogen and oxygen atoms in total. The number of hydrogen-bond donors (Lipinski definition) is 0. The third-order valence-electron chi connectivity index (χ3n) is 6.87. The fourth-order valence-electron chi connectivity index (χ4n) is 5.10. The van der Waals surface area contributed by atoms with Gasteiger partial charge in [0, 0.05) is 22.1 Å². The number of fused-ring (bicyclic) bond motifs is 5. The number of benzene rings is 4. The lowest BCUT2D eigenvalue weighted by molar-refractivity contribution is 0.415. The minimum atomic E-state index is -0.229. The summed E-state index contributed by atoms with van der Waals surface area (Å²) in [6, 6.07) is 27.4. The Morgan fingerprint density at radius 3 is 2.21 bits per heavy atom. The number of ether oxygens (including phenoxy) is 1. The highest BCUT2D eigenvalue weighted by Gasteiger charge is 2.36. The van der Waals surface area contributed by atoms with E-state index in [9.17, 15) is 0 Å². The summed E-state index contributed by atoms with van der Waals surface area (Å²) >= 11 is 0. The molecule has 0 bridgehead atoms. The average Bonchev–Trinajstić information content (AvgIpc) is 3.20. The summed E-state index contributed by atoms with van der Waals surface area (Å²) in [6.45, 7) is 4.42. The van der Waals surface area contributed by atoms with Gasteiger partial charge in [0.15, 0.2) is 0 Å². The highest BCUT2D eigenvalue weighted by Crippen LogP contribution is 2.50. The van der Waals surface area contributed by atoms with Crippen LogP contribution in [0.2, 0.25) is 0 Å². The highest BCUT2D eigenvalue weighted by molar-refractivity contribution is 5.77. The predicted octanol–water partition coefficient (Wildman–Crippen LogP) is 7.07. The molecule has 1 aliphatic heterocycles. The molecule has 0 atom stereocenters. The van der Waals surface area contributed by atoms with Gasteiger partial charge >= 0.3 is 0 Å². The monoisotopic (exact) mass is 422 g/mol. The van der Waals surface area contributed by atoms with Gasteiger partial charge in [0.25, 0.3) is 0 Å². The van der Waals surface area contributed by atoms with E-state index in [1.54, 1.807) is 0 Å². The maximum atomic E-state index is 6.43. The molecular formula is C32H22O. The second-order valence-corrected chi connectivity index (χ2v) is 9.19. The minimum Gasteiger partial charge on any atom is -0.454 e. The van der Waals surface area contributed by atoms with Gasteiger partial charge in [0.05, 0.1) is 11.1 Å². The van der Waals surface area contributed by atoms with Crippen molar-refractivity contribution in [3.8, 4) is 46.8 Å². The molecule has 0 aromatic heterocycles. The second kappa shape index (κ2) is 7.16. The van der Waals surface area contributed by atoms with Crippen LogP contribution in [0.3, 0.4) is 0 Å². The molecule has 1 heterocycles. The normalized spacial score (nSPS) is 13.8. The van der Waals surface area contributed by atoms with Crippen LogP contribution >= 0.6 is 0 Å². The number of hydrogen-bond acceptors (Lipinski definition) is 1. The van der Waals surface area contributed by atoms with Crippen molar-refractivity contribution in [1.82, 2.24) is 0 Å². The van der Waals surface area contributed by atoms with E-state index in [1.807, 2.05) is 18.2 Å². The molecule has 33 heavy (non-hydrogen) atoms. The van der Waals surface area contributed by atoms with Crippen LogP contribution in [-0.2, 0) is 11.8 Å². The van der Waals surface area contributed by atoms with E-state index in [-0.39, 0.29) is 5.41 Å². The maximum Gasteiger partial charge on any atom is 0.147 e. The van der Waals surface area contributed by atoms with Crippen LogP contribution in [0, 0.1) is 24.2 Å². The van der Waals surface area contributed by atoms with E-state index in [0.29, 0.717) is 0 Å². The zero-order chi connectivity index (χ0) is 22.6. The molecule has 4 aromatic carbocycles. The number of terminal acetylenes is 1. The molecule has 156 valence electrons. The number of rotatable bonds is 0. The SMILES string of the molecule is C#Cc1cccc2c1Oc1c(C#Cc3ccc4c(c3)Cc3ccccc3-4)cccc1C2(C)C. The molecule has 2 aliphatic rings. The van der Waals surface area contributed by atoms with E-state index >= 15 is 0 Å². The fourth-order valence-corrected chi connectivity index (χ4v) is 5.10. The topological polar surface area (TPSA) is 9.23 Å². The standard InChI is InChI=1S/C32H22O/c1-4-22-10-7-13-28-30(22)33-31-23(11-8-14-29(31)32(28,2)3)17-15-21-16-18-27-25(19-21)20-24-9-5-6-12-26(24)27/h1,5-14,16,18-19H,20H2,2-3H3. The Hall–Kier alpha value is -4.20. The largest absolute Gasteiger partial charge is 0.454 e. The molecule has 0 unspecified atom stereocenters. The Kier molecular flexibility index (Phi) is 4.23. The summed E-state index contributed by atoms with van der Waals surface area (Å²) in [5.74, 6) is 11.1. The summed E-state index contributed by atoms with van der Waals surface area (Å²) in [7, 11) is 0. The van der Waals surface area contributed by atoms with Crippen LogP contribution in [0.5, 0.6) is 11.5 Å². The van der Waals surface area contributed by atoms with Crippen LogP contribution in [0.15, 0.2) is 78.9 Å². The van der Waals surface area contributed by atoms with E-state index in [2.05, 4.69) is 92.3 Å². The van der Waals surface area contributed by atoms with Crippen molar-refractivity contribution in [1.29, 1.82) is 0 Å². The van der Waals surface area contributed by atoms with Gasteiger partial charge in [-0.05, 0) is 52.9 Å². The molecule has 0 amide bonds. The molecule has 1 aliphatic carbocycles. The van der Waals surface area contributed by atoms with Gasteiger partial charge in [0.2, 0.25) is 0 Å². The van der Waals surface area contributed by atoms with Gasteiger partial charge in [-0.25, -0.2) is 0 Å². The fraction of sp³-hybridized carbons (Fsp3) is 0.125. The lowest BCUT2D eigenvalue weighted by atomic mass is 9.74. The van der Waals surface area contributed by atoms with E-state index in [4.69, 9.17) is 11.2 Å². The first-order chi connectivity index (χ1) is 16.1. The van der Waals surface area contributed by atoms with E-state index < -0.39 is 0 Å². The minimum absolute atomic E-state index is 0.229. The van der Waals surface area contributed by atoms with Crippen LogP contribution in [0.1, 0.15) is 52.8 Å². The van der Waals surface area contributed by atoms with Crippen LogP contribution in [0.25, 0.3) is 11.1 Å². The van der Waals surface area contributed by atoms with Crippen LogP contribution in [0.4, 0.5) is 0 Å². The number of para-hydroxylation sites is 2. The van der Waals surface area contributed by atoms with Gasteiger partial charge in [-0.2, -0.15) is 0 Å². The molecule has 0 spiro atoms. The van der Waals surface area contributed by atoms with Gasteiger partial charge in [0.1, 0.15) is 11.5 Å².